The summed E-state index contributed by atoms with van der Waals surface area (Å²) in [4.78, 5) is 0. The number of hydrogen-bond donors (Lipinski definition) is 2. The maximum atomic E-state index is 13.3. The van der Waals surface area contributed by atoms with E-state index in [0.717, 1.165) is 18.8 Å². The number of nitrogens with one attached hydrogen (secondary N) is 2. The van der Waals surface area contributed by atoms with E-state index < -0.39 is 0 Å². The summed E-state index contributed by atoms with van der Waals surface area (Å²) in [6.07, 6.45) is 3.78. The van der Waals surface area contributed by atoms with Gasteiger partial charge in [0.05, 0.1) is 0 Å². The summed E-state index contributed by atoms with van der Waals surface area (Å²) < 4.78 is 13.3. The van der Waals surface area contributed by atoms with E-state index in [1.807, 2.05) is 13.0 Å². The van der Waals surface area contributed by atoms with Gasteiger partial charge in [-0.15, -0.1) is 0 Å². The van der Waals surface area contributed by atoms with Crippen LogP contribution in [-0.2, 0) is 0 Å². The Labute approximate surface area is 96.2 Å². The molecular formula is C13H19FN2. The fourth-order valence-corrected chi connectivity index (χ4v) is 2.13. The average molecular weight is 222 g/mol. The van der Waals surface area contributed by atoms with Gasteiger partial charge in [0.15, 0.2) is 0 Å². The molecule has 1 heterocycles. The Bertz CT molecular complexity index is 346. The van der Waals surface area contributed by atoms with Crippen LogP contribution >= 0.6 is 0 Å². The monoisotopic (exact) mass is 222 g/mol. The summed E-state index contributed by atoms with van der Waals surface area (Å²) in [5.41, 5.74) is 1.62. The predicted octanol–water partition coefficient (Wildman–Crippen LogP) is 2.69. The van der Waals surface area contributed by atoms with E-state index in [2.05, 4.69) is 10.6 Å². The SMILES string of the molecule is Cc1c(F)cccc1NCC1CCCCN1. The highest BCUT2D eigenvalue weighted by Gasteiger charge is 2.12. The third-order valence-electron chi connectivity index (χ3n) is 3.22. The lowest BCUT2D eigenvalue weighted by atomic mass is 10.0. The van der Waals surface area contributed by atoms with Gasteiger partial charge in [-0.1, -0.05) is 12.5 Å². The van der Waals surface area contributed by atoms with Gasteiger partial charge in [-0.2, -0.15) is 0 Å². The van der Waals surface area contributed by atoms with E-state index in [9.17, 15) is 4.39 Å². The predicted molar refractivity (Wildman–Crippen MR) is 65.3 cm³/mol. The largest absolute Gasteiger partial charge is 0.383 e. The van der Waals surface area contributed by atoms with E-state index in [-0.39, 0.29) is 5.82 Å². The lowest BCUT2D eigenvalue weighted by molar-refractivity contribution is 0.414. The Kier molecular flexibility index (Phi) is 3.78. The minimum absolute atomic E-state index is 0.137. The topological polar surface area (TPSA) is 24.1 Å². The third-order valence-corrected chi connectivity index (χ3v) is 3.22. The average Bonchev–Trinajstić information content (AvgIpc) is 2.32. The first-order chi connectivity index (χ1) is 7.77. The summed E-state index contributed by atoms with van der Waals surface area (Å²) in [5.74, 6) is -0.137. The molecule has 0 aromatic heterocycles. The van der Waals surface area contributed by atoms with Crippen LogP contribution in [0.25, 0.3) is 0 Å². The lowest BCUT2D eigenvalue weighted by Crippen LogP contribution is -2.39. The number of rotatable bonds is 3. The lowest BCUT2D eigenvalue weighted by Gasteiger charge is -2.24. The Morgan fingerprint density at radius 3 is 3.06 bits per heavy atom. The number of halogens is 1. The normalized spacial score (nSPS) is 20.8. The highest BCUT2D eigenvalue weighted by atomic mass is 19.1. The molecule has 16 heavy (non-hydrogen) atoms. The van der Waals surface area contributed by atoms with Gasteiger partial charge in [0.25, 0.3) is 0 Å². The van der Waals surface area contributed by atoms with Gasteiger partial charge >= 0.3 is 0 Å². The minimum atomic E-state index is -0.137. The van der Waals surface area contributed by atoms with E-state index in [1.54, 1.807) is 6.07 Å². The maximum Gasteiger partial charge on any atom is 0.128 e. The van der Waals surface area contributed by atoms with Crippen molar-refractivity contribution < 1.29 is 4.39 Å². The van der Waals surface area contributed by atoms with Crippen molar-refractivity contribution in [3.8, 4) is 0 Å². The summed E-state index contributed by atoms with van der Waals surface area (Å²) in [6, 6.07) is 5.70. The van der Waals surface area contributed by atoms with Crippen LogP contribution in [0, 0.1) is 12.7 Å². The van der Waals surface area contributed by atoms with Crippen LogP contribution in [0.5, 0.6) is 0 Å². The molecule has 1 saturated heterocycles. The molecule has 0 saturated carbocycles. The molecule has 1 aromatic carbocycles. The molecule has 1 atom stereocenters. The van der Waals surface area contributed by atoms with Crippen LogP contribution in [0.4, 0.5) is 10.1 Å². The van der Waals surface area contributed by atoms with Crippen LogP contribution in [0.2, 0.25) is 0 Å². The summed E-state index contributed by atoms with van der Waals surface area (Å²) in [5, 5.41) is 6.79. The second-order valence-corrected chi connectivity index (χ2v) is 4.44. The van der Waals surface area contributed by atoms with Gasteiger partial charge in [0.1, 0.15) is 5.82 Å². The molecule has 88 valence electrons. The second-order valence-electron chi connectivity index (χ2n) is 4.44. The zero-order valence-corrected chi connectivity index (χ0v) is 9.72. The molecule has 1 unspecified atom stereocenters. The molecule has 2 nitrogen and oxygen atoms in total. The Balaban J connectivity index is 1.91. The molecule has 0 amide bonds. The molecule has 0 bridgehead atoms. The summed E-state index contributed by atoms with van der Waals surface area (Å²) >= 11 is 0. The Morgan fingerprint density at radius 1 is 1.44 bits per heavy atom. The van der Waals surface area contributed by atoms with Crippen LogP contribution in [-0.4, -0.2) is 19.1 Å². The van der Waals surface area contributed by atoms with Crippen molar-refractivity contribution in [1.29, 1.82) is 0 Å². The Hall–Kier alpha value is -1.09. The standard InChI is InChI=1S/C13H19FN2/c1-10-12(14)6-4-7-13(10)16-9-11-5-2-3-8-15-11/h4,6-7,11,15-16H,2-3,5,8-9H2,1H3. The van der Waals surface area contributed by atoms with Gasteiger partial charge in [-0.05, 0) is 38.4 Å². The van der Waals surface area contributed by atoms with Crippen LogP contribution in [0.3, 0.4) is 0 Å². The summed E-state index contributed by atoms with van der Waals surface area (Å²) in [6.45, 7) is 3.80. The number of piperidine rings is 1. The quantitative estimate of drug-likeness (QED) is 0.821. The van der Waals surface area contributed by atoms with Crippen LogP contribution in [0.15, 0.2) is 18.2 Å². The number of hydrogen-bond acceptors (Lipinski definition) is 2. The molecule has 0 aliphatic carbocycles. The highest BCUT2D eigenvalue weighted by Crippen LogP contribution is 2.18. The minimum Gasteiger partial charge on any atom is -0.383 e. The summed E-state index contributed by atoms with van der Waals surface area (Å²) in [7, 11) is 0. The van der Waals surface area contributed by atoms with Crippen molar-refractivity contribution in [2.75, 3.05) is 18.4 Å². The van der Waals surface area contributed by atoms with Crippen molar-refractivity contribution in [1.82, 2.24) is 5.32 Å². The smallest absolute Gasteiger partial charge is 0.128 e. The fraction of sp³-hybridized carbons (Fsp3) is 0.538. The van der Waals surface area contributed by atoms with Gasteiger partial charge in [-0.3, -0.25) is 0 Å². The van der Waals surface area contributed by atoms with Crippen LogP contribution in [0.1, 0.15) is 24.8 Å². The first-order valence-electron chi connectivity index (χ1n) is 6.00. The molecule has 1 aliphatic rings. The van der Waals surface area contributed by atoms with Gasteiger partial charge in [0, 0.05) is 23.8 Å². The highest BCUT2D eigenvalue weighted by molar-refractivity contribution is 5.51. The molecule has 2 rings (SSSR count). The molecule has 2 N–H and O–H groups in total. The third kappa shape index (κ3) is 2.73. The first-order valence-corrected chi connectivity index (χ1v) is 6.00. The van der Waals surface area contributed by atoms with E-state index in [1.165, 1.54) is 25.3 Å². The molecule has 1 aromatic rings. The zero-order chi connectivity index (χ0) is 11.4. The molecule has 1 fully saturated rings. The van der Waals surface area contributed by atoms with Gasteiger partial charge < -0.3 is 10.6 Å². The molecular weight excluding hydrogens is 203 g/mol. The fourth-order valence-electron chi connectivity index (χ4n) is 2.13. The van der Waals surface area contributed by atoms with Gasteiger partial charge in [0.2, 0.25) is 0 Å². The molecule has 0 spiro atoms. The molecule has 0 radical (unpaired) electrons. The van der Waals surface area contributed by atoms with E-state index in [4.69, 9.17) is 0 Å². The van der Waals surface area contributed by atoms with Gasteiger partial charge in [-0.25, -0.2) is 4.39 Å². The first kappa shape index (κ1) is 11.4. The van der Waals surface area contributed by atoms with Crippen molar-refractivity contribution in [3.05, 3.63) is 29.6 Å². The molecule has 1 aliphatic heterocycles. The van der Waals surface area contributed by atoms with Crippen molar-refractivity contribution >= 4 is 5.69 Å². The van der Waals surface area contributed by atoms with Crippen molar-refractivity contribution in [3.63, 3.8) is 0 Å². The Morgan fingerprint density at radius 2 is 2.31 bits per heavy atom. The number of benzene rings is 1. The van der Waals surface area contributed by atoms with Crippen molar-refractivity contribution in [2.45, 2.75) is 32.2 Å². The number of anilines is 1. The zero-order valence-electron chi connectivity index (χ0n) is 9.72. The molecule has 3 heteroatoms. The van der Waals surface area contributed by atoms with Crippen molar-refractivity contribution in [2.24, 2.45) is 0 Å². The second kappa shape index (κ2) is 5.30. The van der Waals surface area contributed by atoms with E-state index >= 15 is 0 Å². The van der Waals surface area contributed by atoms with Crippen LogP contribution < -0.4 is 10.6 Å². The van der Waals surface area contributed by atoms with E-state index in [0.29, 0.717) is 11.6 Å². The maximum absolute atomic E-state index is 13.3.